The zero-order valence-corrected chi connectivity index (χ0v) is 9.78. The number of aromatic amines is 1. The van der Waals surface area contributed by atoms with E-state index in [1.807, 2.05) is 6.33 Å². The minimum Gasteiger partial charge on any atom is -1.00 e. The van der Waals surface area contributed by atoms with Crippen molar-refractivity contribution in [3.05, 3.63) is 30.6 Å². The molecule has 13 heavy (non-hydrogen) atoms. The molecule has 3 heteroatoms. The summed E-state index contributed by atoms with van der Waals surface area (Å²) in [6, 6.07) is 8.36. The number of hydrogen-bond acceptors (Lipinski definition) is 0. The fourth-order valence-corrected chi connectivity index (χ4v) is 1.49. The molecule has 0 unspecified atom stereocenters. The van der Waals surface area contributed by atoms with Crippen LogP contribution >= 0.6 is 0 Å². The topological polar surface area (TPSA) is 19.7 Å². The Morgan fingerprint density at radius 1 is 1.31 bits per heavy atom. The first-order valence-corrected chi connectivity index (χ1v) is 4.37. The third-order valence-corrected chi connectivity index (χ3v) is 2.05. The van der Waals surface area contributed by atoms with E-state index >= 15 is 0 Å². The van der Waals surface area contributed by atoms with Crippen molar-refractivity contribution < 1.29 is 28.5 Å². The van der Waals surface area contributed by atoms with E-state index in [1.165, 1.54) is 17.5 Å². The Morgan fingerprint density at radius 2 is 2.08 bits per heavy atom. The number of benzene rings is 1. The second-order valence-electron chi connectivity index (χ2n) is 2.98. The standard InChI is InChI=1S/C10H12N2.HI/c1-2-7-12-8-11-9-5-3-4-6-10(9)12;/h3-6,8H,2,7H2,1H3;1H. The number of aryl methyl sites for hydroxylation is 1. The molecule has 0 saturated heterocycles. The predicted octanol–water partition coefficient (Wildman–Crippen LogP) is -1.13. The number of nitrogens with one attached hydrogen (secondary N) is 1. The van der Waals surface area contributed by atoms with Gasteiger partial charge in [0.05, 0.1) is 6.54 Å². The summed E-state index contributed by atoms with van der Waals surface area (Å²) in [5.74, 6) is 0. The Kier molecular flexibility index (Phi) is 3.71. The third kappa shape index (κ3) is 2.02. The summed E-state index contributed by atoms with van der Waals surface area (Å²) in [7, 11) is 0. The summed E-state index contributed by atoms with van der Waals surface area (Å²) >= 11 is 0. The highest BCUT2D eigenvalue weighted by Crippen LogP contribution is 2.05. The highest BCUT2D eigenvalue weighted by Gasteiger charge is 2.05. The number of imidazole rings is 1. The molecule has 0 spiro atoms. The number of hydrogen-bond donors (Lipinski definition) is 1. The highest BCUT2D eigenvalue weighted by molar-refractivity contribution is 5.70. The van der Waals surface area contributed by atoms with Gasteiger partial charge in [-0.1, -0.05) is 19.1 Å². The van der Waals surface area contributed by atoms with E-state index < -0.39 is 0 Å². The van der Waals surface area contributed by atoms with E-state index in [0.717, 1.165) is 6.54 Å². The lowest BCUT2D eigenvalue weighted by Gasteiger charge is -1.91. The van der Waals surface area contributed by atoms with Gasteiger partial charge in [0, 0.05) is 0 Å². The van der Waals surface area contributed by atoms with Crippen molar-refractivity contribution in [2.24, 2.45) is 0 Å². The van der Waals surface area contributed by atoms with E-state index in [9.17, 15) is 0 Å². The fourth-order valence-electron chi connectivity index (χ4n) is 1.49. The molecule has 1 aromatic carbocycles. The van der Waals surface area contributed by atoms with E-state index in [-0.39, 0.29) is 24.0 Å². The summed E-state index contributed by atoms with van der Waals surface area (Å²) < 4.78 is 2.25. The average Bonchev–Trinajstić information content (AvgIpc) is 2.50. The van der Waals surface area contributed by atoms with Gasteiger partial charge in [0.1, 0.15) is 0 Å². The lowest BCUT2D eigenvalue weighted by molar-refractivity contribution is -0.671. The Labute approximate surface area is 95.0 Å². The monoisotopic (exact) mass is 288 g/mol. The summed E-state index contributed by atoms with van der Waals surface area (Å²) in [6.07, 6.45) is 3.21. The molecule has 1 N–H and O–H groups in total. The number of fused-ring (bicyclic) bond motifs is 1. The minimum absolute atomic E-state index is 0. The summed E-state index contributed by atoms with van der Waals surface area (Å²) in [5, 5.41) is 0. The zero-order chi connectivity index (χ0) is 8.39. The van der Waals surface area contributed by atoms with E-state index in [2.05, 4.69) is 40.7 Å². The molecule has 2 aromatic rings. The Balaban J connectivity index is 0.000000845. The van der Waals surface area contributed by atoms with Crippen LogP contribution in [0.3, 0.4) is 0 Å². The van der Waals surface area contributed by atoms with Crippen LogP contribution in [0.5, 0.6) is 0 Å². The molecule has 0 atom stereocenters. The normalized spacial score (nSPS) is 9.92. The molecule has 0 saturated carbocycles. The molecule has 0 amide bonds. The molecule has 1 aromatic heterocycles. The molecular weight excluding hydrogens is 275 g/mol. The molecule has 0 aliphatic carbocycles. The van der Waals surface area contributed by atoms with Crippen LogP contribution in [0.4, 0.5) is 0 Å². The van der Waals surface area contributed by atoms with E-state index in [0.29, 0.717) is 0 Å². The molecule has 1 heterocycles. The molecular formula is C10H13IN2. The zero-order valence-electron chi connectivity index (χ0n) is 7.63. The van der Waals surface area contributed by atoms with Crippen LogP contribution in [0.2, 0.25) is 0 Å². The Hall–Kier alpha value is -0.580. The second kappa shape index (κ2) is 4.60. The third-order valence-electron chi connectivity index (χ3n) is 2.05. The van der Waals surface area contributed by atoms with Crippen LogP contribution in [0.15, 0.2) is 30.6 Å². The van der Waals surface area contributed by atoms with E-state index in [1.54, 1.807) is 0 Å². The van der Waals surface area contributed by atoms with Crippen LogP contribution in [0.1, 0.15) is 13.3 Å². The molecule has 0 aliphatic heterocycles. The SMILES string of the molecule is CCC[n+]1c[nH]c2ccccc21.[I-]. The van der Waals surface area contributed by atoms with Crippen LogP contribution in [-0.2, 0) is 6.54 Å². The number of aromatic nitrogens is 2. The van der Waals surface area contributed by atoms with E-state index in [4.69, 9.17) is 0 Å². The van der Waals surface area contributed by atoms with Gasteiger partial charge in [0.2, 0.25) is 6.33 Å². The molecule has 2 rings (SSSR count). The van der Waals surface area contributed by atoms with Crippen molar-refractivity contribution in [2.75, 3.05) is 0 Å². The van der Waals surface area contributed by atoms with Gasteiger partial charge in [-0.2, -0.15) is 0 Å². The van der Waals surface area contributed by atoms with Crippen LogP contribution in [0, 0.1) is 0 Å². The van der Waals surface area contributed by atoms with Gasteiger partial charge >= 0.3 is 0 Å². The number of rotatable bonds is 2. The van der Waals surface area contributed by atoms with Gasteiger partial charge in [-0.25, -0.2) is 9.55 Å². The quantitative estimate of drug-likeness (QED) is 0.533. The number of H-pyrrole nitrogens is 1. The largest absolute Gasteiger partial charge is 1.00 e. The molecule has 0 bridgehead atoms. The molecule has 0 fully saturated rings. The summed E-state index contributed by atoms with van der Waals surface area (Å²) in [6.45, 7) is 3.28. The first kappa shape index (κ1) is 10.5. The lowest BCUT2D eigenvalue weighted by Crippen LogP contribution is -3.00. The first-order valence-electron chi connectivity index (χ1n) is 4.37. The van der Waals surface area contributed by atoms with Crippen molar-refractivity contribution >= 4 is 11.0 Å². The average molecular weight is 288 g/mol. The molecule has 2 nitrogen and oxygen atoms in total. The number of para-hydroxylation sites is 2. The van der Waals surface area contributed by atoms with Crippen LogP contribution < -0.4 is 28.5 Å². The second-order valence-corrected chi connectivity index (χ2v) is 2.98. The van der Waals surface area contributed by atoms with Gasteiger partial charge in [-0.05, 0) is 18.6 Å². The Morgan fingerprint density at radius 3 is 2.85 bits per heavy atom. The fraction of sp³-hybridized carbons (Fsp3) is 0.300. The molecule has 0 radical (unpaired) electrons. The predicted molar refractivity (Wildman–Crippen MR) is 48.8 cm³/mol. The Bertz CT molecular complexity index is 381. The molecule has 0 aliphatic rings. The number of nitrogens with zero attached hydrogens (tertiary/aromatic N) is 1. The van der Waals surface area contributed by atoms with Gasteiger partial charge in [0.15, 0.2) is 11.0 Å². The van der Waals surface area contributed by atoms with Crippen molar-refractivity contribution in [3.8, 4) is 0 Å². The maximum absolute atomic E-state index is 3.24. The van der Waals surface area contributed by atoms with Gasteiger partial charge < -0.3 is 24.0 Å². The van der Waals surface area contributed by atoms with Crippen molar-refractivity contribution in [1.82, 2.24) is 4.98 Å². The van der Waals surface area contributed by atoms with Crippen LogP contribution in [-0.4, -0.2) is 4.98 Å². The van der Waals surface area contributed by atoms with Crippen molar-refractivity contribution in [2.45, 2.75) is 19.9 Å². The number of halogens is 1. The van der Waals surface area contributed by atoms with Crippen molar-refractivity contribution in [1.29, 1.82) is 0 Å². The maximum Gasteiger partial charge on any atom is 0.242 e. The maximum atomic E-state index is 3.24. The minimum atomic E-state index is 0. The first-order chi connectivity index (χ1) is 5.92. The summed E-state index contributed by atoms with van der Waals surface area (Å²) in [5.41, 5.74) is 2.50. The smallest absolute Gasteiger partial charge is 0.242 e. The van der Waals surface area contributed by atoms with Gasteiger partial charge in [-0.15, -0.1) is 0 Å². The van der Waals surface area contributed by atoms with Crippen LogP contribution in [0.25, 0.3) is 11.0 Å². The molecule has 70 valence electrons. The van der Waals surface area contributed by atoms with Gasteiger partial charge in [0.25, 0.3) is 0 Å². The lowest BCUT2D eigenvalue weighted by atomic mass is 10.3. The highest BCUT2D eigenvalue weighted by atomic mass is 127. The van der Waals surface area contributed by atoms with Crippen molar-refractivity contribution in [3.63, 3.8) is 0 Å². The van der Waals surface area contributed by atoms with Gasteiger partial charge in [-0.3, -0.25) is 0 Å². The summed E-state index contributed by atoms with van der Waals surface area (Å²) in [4.78, 5) is 3.24.